The first-order valence-corrected chi connectivity index (χ1v) is 9.70. The number of nitrogens with one attached hydrogen (secondary N) is 1. The molecule has 2 bridgehead atoms. The molecule has 0 saturated heterocycles. The second-order valence-electron chi connectivity index (χ2n) is 8.30. The summed E-state index contributed by atoms with van der Waals surface area (Å²) in [5, 5.41) is 3.82. The Bertz CT molecular complexity index is 557. The summed E-state index contributed by atoms with van der Waals surface area (Å²) in [5.74, 6) is 3.71. The molecule has 2 atom stereocenters. The van der Waals surface area contributed by atoms with E-state index in [9.17, 15) is 4.79 Å². The Labute approximate surface area is 157 Å². The van der Waals surface area contributed by atoms with Crippen LogP contribution in [0.4, 0.5) is 0 Å². The molecule has 0 aromatic heterocycles. The van der Waals surface area contributed by atoms with Gasteiger partial charge in [0.15, 0.2) is 6.29 Å². The van der Waals surface area contributed by atoms with E-state index in [-0.39, 0.29) is 0 Å². The fraction of sp³-hybridized carbons (Fsp3) is 0.667. The van der Waals surface area contributed by atoms with Crippen LogP contribution in [0, 0.1) is 23.2 Å². The molecule has 0 heterocycles. The van der Waals surface area contributed by atoms with Crippen LogP contribution in [-0.2, 0) is 0 Å². The molecule has 0 aliphatic heterocycles. The van der Waals surface area contributed by atoms with E-state index in [1.165, 1.54) is 45.8 Å². The Hall–Kier alpha value is -1.06. The summed E-state index contributed by atoms with van der Waals surface area (Å²) < 4.78 is 4.89. The van der Waals surface area contributed by atoms with Crippen molar-refractivity contribution in [3.63, 3.8) is 0 Å². The minimum absolute atomic E-state index is 0.445. The molecule has 140 valence electrons. The summed E-state index contributed by atoms with van der Waals surface area (Å²) >= 11 is 5.67. The number of carbonyl (C=O) groups is 1. The molecule has 1 aromatic rings. The Morgan fingerprint density at radius 1 is 1.28 bits per heavy atom. The normalized spacial score (nSPS) is 30.8. The number of hydrogen-bond donors (Lipinski definition) is 1. The molecule has 2 fully saturated rings. The lowest BCUT2D eigenvalue weighted by atomic mass is 9.59. The number of rotatable bonds is 4. The average Bonchev–Trinajstić information content (AvgIpc) is 2.54. The van der Waals surface area contributed by atoms with Crippen LogP contribution < -0.4 is 10.1 Å². The maximum absolute atomic E-state index is 10.4. The van der Waals surface area contributed by atoms with Crippen LogP contribution in [-0.4, -0.2) is 27.0 Å². The molecule has 0 amide bonds. The van der Waals surface area contributed by atoms with Gasteiger partial charge in [0.1, 0.15) is 5.75 Å². The van der Waals surface area contributed by atoms with Gasteiger partial charge >= 0.3 is 0 Å². The van der Waals surface area contributed by atoms with Crippen LogP contribution in [0.3, 0.4) is 0 Å². The molecule has 2 saturated carbocycles. The van der Waals surface area contributed by atoms with Gasteiger partial charge < -0.3 is 10.1 Å². The van der Waals surface area contributed by atoms with Gasteiger partial charge in [-0.3, -0.25) is 4.79 Å². The van der Waals surface area contributed by atoms with Crippen molar-refractivity contribution in [3.05, 3.63) is 28.8 Å². The Balaban J connectivity index is 0.000000186. The lowest BCUT2D eigenvalue weighted by Gasteiger charge is -2.47. The Morgan fingerprint density at radius 2 is 1.92 bits per heavy atom. The van der Waals surface area contributed by atoms with E-state index < -0.39 is 0 Å². The van der Waals surface area contributed by atoms with E-state index in [1.807, 2.05) is 0 Å². The summed E-state index contributed by atoms with van der Waals surface area (Å²) in [6.45, 7) is 6.15. The van der Waals surface area contributed by atoms with Gasteiger partial charge in [-0.15, -0.1) is 0 Å². The Morgan fingerprint density at radius 3 is 2.44 bits per heavy atom. The third kappa shape index (κ3) is 5.72. The SMILES string of the molecule is CNCC1(C)CC2CC(C)CC(C2)C1.COc1ccc(Cl)c(C=O)c1. The highest BCUT2D eigenvalue weighted by Gasteiger charge is 2.40. The van der Waals surface area contributed by atoms with Crippen molar-refractivity contribution >= 4 is 17.9 Å². The molecular weight excluding hydrogens is 334 g/mol. The van der Waals surface area contributed by atoms with Crippen LogP contribution >= 0.6 is 11.6 Å². The zero-order valence-corrected chi connectivity index (χ0v) is 16.7. The van der Waals surface area contributed by atoms with E-state index in [0.29, 0.717) is 28.0 Å². The number of benzene rings is 1. The van der Waals surface area contributed by atoms with Gasteiger partial charge in [-0.25, -0.2) is 0 Å². The highest BCUT2D eigenvalue weighted by Crippen LogP contribution is 2.49. The average molecular weight is 366 g/mol. The van der Waals surface area contributed by atoms with Gasteiger partial charge in [-0.05, 0) is 80.5 Å². The van der Waals surface area contributed by atoms with Crippen LogP contribution in [0.15, 0.2) is 18.2 Å². The molecule has 2 aliphatic carbocycles. The highest BCUT2D eigenvalue weighted by atomic mass is 35.5. The third-order valence-electron chi connectivity index (χ3n) is 5.63. The maximum atomic E-state index is 10.4. The van der Waals surface area contributed by atoms with Crippen molar-refractivity contribution in [2.45, 2.75) is 46.0 Å². The molecule has 1 aromatic carbocycles. The summed E-state index contributed by atoms with van der Waals surface area (Å²) in [6, 6.07) is 4.93. The number of hydrogen-bond acceptors (Lipinski definition) is 3. The molecule has 4 heteroatoms. The topological polar surface area (TPSA) is 38.3 Å². The number of methoxy groups -OCH3 is 1. The standard InChI is InChI=1S/C13H25N.C8H7ClO2/c1-10-4-11-6-12(5-10)8-13(2,7-11)9-14-3;1-11-7-2-3-8(9)6(4-7)5-10/h10-12,14H,4-9H2,1-3H3;2-5H,1H3. The van der Waals surface area contributed by atoms with Crippen molar-refractivity contribution in [1.82, 2.24) is 5.32 Å². The third-order valence-corrected chi connectivity index (χ3v) is 5.98. The van der Waals surface area contributed by atoms with E-state index in [2.05, 4.69) is 26.2 Å². The first-order valence-electron chi connectivity index (χ1n) is 9.32. The zero-order chi connectivity index (χ0) is 18.4. The number of aldehydes is 1. The minimum atomic E-state index is 0.445. The van der Waals surface area contributed by atoms with Gasteiger partial charge in [0.25, 0.3) is 0 Å². The smallest absolute Gasteiger partial charge is 0.151 e. The molecule has 3 rings (SSSR count). The first-order chi connectivity index (χ1) is 11.9. The van der Waals surface area contributed by atoms with Crippen molar-refractivity contribution < 1.29 is 9.53 Å². The molecule has 0 radical (unpaired) electrons. The number of fused-ring (bicyclic) bond motifs is 2. The van der Waals surface area contributed by atoms with Crippen molar-refractivity contribution in [1.29, 1.82) is 0 Å². The van der Waals surface area contributed by atoms with E-state index in [1.54, 1.807) is 18.2 Å². The van der Waals surface area contributed by atoms with Crippen molar-refractivity contribution in [2.75, 3.05) is 20.7 Å². The van der Waals surface area contributed by atoms with Crippen LogP contribution in [0.5, 0.6) is 5.75 Å². The van der Waals surface area contributed by atoms with Crippen molar-refractivity contribution in [2.24, 2.45) is 23.2 Å². The van der Waals surface area contributed by atoms with Crippen LogP contribution in [0.1, 0.15) is 56.3 Å². The minimum Gasteiger partial charge on any atom is -0.497 e. The van der Waals surface area contributed by atoms with Gasteiger partial charge in [0.2, 0.25) is 0 Å². The highest BCUT2D eigenvalue weighted by molar-refractivity contribution is 6.33. The number of halogens is 1. The number of carbonyl (C=O) groups excluding carboxylic acids is 1. The lowest BCUT2D eigenvalue weighted by molar-refractivity contribution is 0.0477. The van der Waals surface area contributed by atoms with E-state index in [4.69, 9.17) is 16.3 Å². The summed E-state index contributed by atoms with van der Waals surface area (Å²) in [5.41, 5.74) is 1.05. The van der Waals surface area contributed by atoms with Crippen LogP contribution in [0.2, 0.25) is 5.02 Å². The van der Waals surface area contributed by atoms with Gasteiger partial charge in [0.05, 0.1) is 12.1 Å². The number of ether oxygens (including phenoxy) is 1. The zero-order valence-electron chi connectivity index (χ0n) is 16.0. The largest absolute Gasteiger partial charge is 0.497 e. The molecule has 25 heavy (non-hydrogen) atoms. The summed E-state index contributed by atoms with van der Waals surface area (Å²) in [7, 11) is 3.64. The monoisotopic (exact) mass is 365 g/mol. The quantitative estimate of drug-likeness (QED) is 0.743. The predicted molar refractivity (Wildman–Crippen MR) is 105 cm³/mol. The fourth-order valence-corrected chi connectivity index (χ4v) is 5.18. The fourth-order valence-electron chi connectivity index (χ4n) is 5.02. The first kappa shape index (κ1) is 20.3. The van der Waals surface area contributed by atoms with Crippen LogP contribution in [0.25, 0.3) is 0 Å². The second kappa shape index (κ2) is 9.05. The van der Waals surface area contributed by atoms with Gasteiger partial charge in [-0.1, -0.05) is 25.4 Å². The summed E-state index contributed by atoms with van der Waals surface area (Å²) in [6.07, 6.45) is 8.16. The van der Waals surface area contributed by atoms with E-state index in [0.717, 1.165) is 17.8 Å². The molecule has 3 nitrogen and oxygen atoms in total. The molecular formula is C21H32ClNO2. The lowest BCUT2D eigenvalue weighted by Crippen LogP contribution is -2.41. The maximum Gasteiger partial charge on any atom is 0.151 e. The second-order valence-corrected chi connectivity index (χ2v) is 8.71. The molecule has 1 N–H and O–H groups in total. The molecule has 2 unspecified atom stereocenters. The summed E-state index contributed by atoms with van der Waals surface area (Å²) in [4.78, 5) is 10.4. The van der Waals surface area contributed by atoms with Gasteiger partial charge in [-0.2, -0.15) is 0 Å². The Kier molecular flexibility index (Phi) is 7.33. The molecule has 0 spiro atoms. The predicted octanol–water partition coefficient (Wildman–Crippen LogP) is 5.22. The molecule has 2 aliphatic rings. The van der Waals surface area contributed by atoms with Crippen molar-refractivity contribution in [3.8, 4) is 5.75 Å². The van der Waals surface area contributed by atoms with E-state index >= 15 is 0 Å². The van der Waals surface area contributed by atoms with Gasteiger partial charge in [0, 0.05) is 12.1 Å².